The van der Waals surface area contributed by atoms with Gasteiger partial charge in [0.25, 0.3) is 0 Å². The number of carbonyl (C=O) groups excluding carboxylic acids is 1. The average molecular weight is 259 g/mol. The van der Waals surface area contributed by atoms with Gasteiger partial charge in [-0.2, -0.15) is 5.26 Å². The molecular formula is C13H9NO3S. The number of thiophene rings is 1. The number of methoxy groups -OCH3 is 1. The highest BCUT2D eigenvalue weighted by Crippen LogP contribution is 2.28. The molecule has 1 aromatic heterocycles. The number of esters is 1. The van der Waals surface area contributed by atoms with Crippen molar-refractivity contribution >= 4 is 17.3 Å². The largest absolute Gasteiger partial charge is 0.493 e. The fraction of sp³-hybridized carbons (Fsp3) is 0.0769. The van der Waals surface area contributed by atoms with Gasteiger partial charge in [0, 0.05) is 6.07 Å². The standard InChI is InChI=1S/C13H9NO3S/c1-16-11-7-9(8-14)4-5-10(11)17-13(15)12-3-2-6-18-12/h2-7H,1H3. The first-order valence-electron chi connectivity index (χ1n) is 5.08. The number of nitriles is 1. The molecular weight excluding hydrogens is 250 g/mol. The molecule has 1 heterocycles. The van der Waals surface area contributed by atoms with Gasteiger partial charge < -0.3 is 9.47 Å². The summed E-state index contributed by atoms with van der Waals surface area (Å²) in [4.78, 5) is 12.3. The Hall–Kier alpha value is -2.32. The van der Waals surface area contributed by atoms with Crippen molar-refractivity contribution in [2.75, 3.05) is 7.11 Å². The number of hydrogen-bond acceptors (Lipinski definition) is 5. The second-order valence-corrected chi connectivity index (χ2v) is 4.29. The predicted octanol–water partition coefficient (Wildman–Crippen LogP) is 2.85. The van der Waals surface area contributed by atoms with Crippen molar-refractivity contribution in [2.24, 2.45) is 0 Å². The number of nitrogens with zero attached hydrogens (tertiary/aromatic N) is 1. The zero-order chi connectivity index (χ0) is 13.0. The Bertz CT molecular complexity index is 599. The topological polar surface area (TPSA) is 59.3 Å². The predicted molar refractivity (Wildman–Crippen MR) is 67.0 cm³/mol. The second kappa shape index (κ2) is 5.34. The molecule has 0 spiro atoms. The molecule has 0 saturated carbocycles. The molecule has 0 aliphatic rings. The minimum absolute atomic E-state index is 0.301. The molecule has 0 bridgehead atoms. The van der Waals surface area contributed by atoms with Crippen LogP contribution in [0.1, 0.15) is 15.2 Å². The van der Waals surface area contributed by atoms with E-state index in [0.717, 1.165) is 0 Å². The molecule has 18 heavy (non-hydrogen) atoms. The number of rotatable bonds is 3. The minimum atomic E-state index is -0.437. The number of carbonyl (C=O) groups is 1. The summed E-state index contributed by atoms with van der Waals surface area (Å²) in [7, 11) is 1.46. The zero-order valence-corrected chi connectivity index (χ0v) is 10.4. The van der Waals surface area contributed by atoms with Gasteiger partial charge in [-0.25, -0.2) is 4.79 Å². The van der Waals surface area contributed by atoms with Crippen LogP contribution in [0.2, 0.25) is 0 Å². The van der Waals surface area contributed by atoms with Crippen LogP contribution in [0.5, 0.6) is 11.5 Å². The quantitative estimate of drug-likeness (QED) is 0.628. The van der Waals surface area contributed by atoms with E-state index >= 15 is 0 Å². The van der Waals surface area contributed by atoms with Crippen LogP contribution in [0.25, 0.3) is 0 Å². The Labute approximate surface area is 108 Å². The summed E-state index contributed by atoms with van der Waals surface area (Å²) in [6.07, 6.45) is 0. The average Bonchev–Trinajstić information content (AvgIpc) is 2.93. The first-order chi connectivity index (χ1) is 8.74. The van der Waals surface area contributed by atoms with Crippen molar-refractivity contribution in [1.82, 2.24) is 0 Å². The molecule has 0 unspecified atom stereocenters. The Morgan fingerprint density at radius 1 is 1.33 bits per heavy atom. The molecule has 0 fully saturated rings. The summed E-state index contributed by atoms with van der Waals surface area (Å²) < 4.78 is 10.3. The van der Waals surface area contributed by atoms with Crippen LogP contribution in [0.3, 0.4) is 0 Å². The van der Waals surface area contributed by atoms with E-state index in [1.54, 1.807) is 29.6 Å². The van der Waals surface area contributed by atoms with Gasteiger partial charge in [-0.15, -0.1) is 11.3 Å². The minimum Gasteiger partial charge on any atom is -0.493 e. The third-order valence-corrected chi connectivity index (χ3v) is 3.07. The molecule has 0 aliphatic carbocycles. The molecule has 0 radical (unpaired) electrons. The van der Waals surface area contributed by atoms with Crippen LogP contribution < -0.4 is 9.47 Å². The van der Waals surface area contributed by atoms with E-state index in [-0.39, 0.29) is 0 Å². The first kappa shape index (κ1) is 12.1. The third kappa shape index (κ3) is 2.50. The highest BCUT2D eigenvalue weighted by atomic mass is 32.1. The maximum atomic E-state index is 11.8. The molecule has 90 valence electrons. The summed E-state index contributed by atoms with van der Waals surface area (Å²) in [5, 5.41) is 10.6. The lowest BCUT2D eigenvalue weighted by Crippen LogP contribution is -2.07. The van der Waals surface area contributed by atoms with Crippen molar-refractivity contribution in [3.8, 4) is 17.6 Å². The van der Waals surface area contributed by atoms with Crippen molar-refractivity contribution in [3.05, 3.63) is 46.2 Å². The van der Waals surface area contributed by atoms with E-state index in [2.05, 4.69) is 0 Å². The molecule has 1 aromatic carbocycles. The van der Waals surface area contributed by atoms with Crippen molar-refractivity contribution in [2.45, 2.75) is 0 Å². The molecule has 0 atom stereocenters. The summed E-state index contributed by atoms with van der Waals surface area (Å²) >= 11 is 1.30. The Kier molecular flexibility index (Phi) is 3.60. The molecule has 4 nitrogen and oxygen atoms in total. The van der Waals surface area contributed by atoms with E-state index in [1.165, 1.54) is 24.5 Å². The van der Waals surface area contributed by atoms with Crippen molar-refractivity contribution in [1.29, 1.82) is 5.26 Å². The lowest BCUT2D eigenvalue weighted by Gasteiger charge is -2.08. The van der Waals surface area contributed by atoms with Crippen LogP contribution in [-0.2, 0) is 0 Å². The molecule has 5 heteroatoms. The van der Waals surface area contributed by atoms with E-state index in [4.69, 9.17) is 14.7 Å². The lowest BCUT2D eigenvalue weighted by molar-refractivity contribution is 0.0735. The zero-order valence-electron chi connectivity index (χ0n) is 9.54. The van der Waals surface area contributed by atoms with Crippen molar-refractivity contribution in [3.63, 3.8) is 0 Å². The van der Waals surface area contributed by atoms with Crippen LogP contribution in [0, 0.1) is 11.3 Å². The number of benzene rings is 1. The summed E-state index contributed by atoms with van der Waals surface area (Å²) in [5.74, 6) is 0.224. The Balaban J connectivity index is 2.24. The van der Waals surface area contributed by atoms with Gasteiger partial charge in [-0.3, -0.25) is 0 Å². The van der Waals surface area contributed by atoms with E-state index in [1.807, 2.05) is 6.07 Å². The molecule has 0 saturated heterocycles. The summed E-state index contributed by atoms with van der Waals surface area (Å²) in [6.45, 7) is 0. The second-order valence-electron chi connectivity index (χ2n) is 3.34. The van der Waals surface area contributed by atoms with Gasteiger partial charge in [-0.1, -0.05) is 6.07 Å². The normalized spacial score (nSPS) is 9.56. The number of ether oxygens (including phenoxy) is 2. The smallest absolute Gasteiger partial charge is 0.353 e. The Morgan fingerprint density at radius 3 is 2.78 bits per heavy atom. The van der Waals surface area contributed by atoms with Crippen LogP contribution in [0.15, 0.2) is 35.7 Å². The van der Waals surface area contributed by atoms with Crippen LogP contribution >= 0.6 is 11.3 Å². The number of hydrogen-bond donors (Lipinski definition) is 0. The van der Waals surface area contributed by atoms with Gasteiger partial charge in [-0.05, 0) is 23.6 Å². The first-order valence-corrected chi connectivity index (χ1v) is 5.96. The highest BCUT2D eigenvalue weighted by Gasteiger charge is 2.13. The molecule has 2 rings (SSSR count). The lowest BCUT2D eigenvalue weighted by atomic mass is 10.2. The van der Waals surface area contributed by atoms with E-state index in [0.29, 0.717) is 21.9 Å². The van der Waals surface area contributed by atoms with Gasteiger partial charge in [0.05, 0.1) is 18.7 Å². The van der Waals surface area contributed by atoms with Crippen molar-refractivity contribution < 1.29 is 14.3 Å². The fourth-order valence-electron chi connectivity index (χ4n) is 1.37. The van der Waals surface area contributed by atoms with E-state index in [9.17, 15) is 4.79 Å². The van der Waals surface area contributed by atoms with Crippen LogP contribution in [0.4, 0.5) is 0 Å². The SMILES string of the molecule is COc1cc(C#N)ccc1OC(=O)c1cccs1. The molecule has 0 aliphatic heterocycles. The molecule has 0 N–H and O–H groups in total. The Morgan fingerprint density at radius 2 is 2.17 bits per heavy atom. The highest BCUT2D eigenvalue weighted by molar-refractivity contribution is 7.12. The molecule has 2 aromatic rings. The monoisotopic (exact) mass is 259 g/mol. The maximum Gasteiger partial charge on any atom is 0.353 e. The fourth-order valence-corrected chi connectivity index (χ4v) is 1.97. The summed E-state index contributed by atoms with van der Waals surface area (Å²) in [6, 6.07) is 10.1. The third-order valence-electron chi connectivity index (χ3n) is 2.22. The van der Waals surface area contributed by atoms with Gasteiger partial charge in [0.2, 0.25) is 0 Å². The van der Waals surface area contributed by atoms with Gasteiger partial charge in [0.1, 0.15) is 4.88 Å². The maximum absolute atomic E-state index is 11.8. The van der Waals surface area contributed by atoms with Gasteiger partial charge >= 0.3 is 5.97 Å². The summed E-state index contributed by atoms with van der Waals surface area (Å²) in [5.41, 5.74) is 0.447. The molecule has 0 amide bonds. The van der Waals surface area contributed by atoms with Crippen LogP contribution in [-0.4, -0.2) is 13.1 Å². The van der Waals surface area contributed by atoms with Gasteiger partial charge in [0.15, 0.2) is 11.5 Å². The van der Waals surface area contributed by atoms with E-state index < -0.39 is 5.97 Å².